The van der Waals surface area contributed by atoms with Gasteiger partial charge in [-0.2, -0.15) is 11.8 Å². The Hall–Kier alpha value is -1.000. The second-order valence-electron chi connectivity index (χ2n) is 5.77. The first-order valence-electron chi connectivity index (χ1n) is 6.55. The van der Waals surface area contributed by atoms with E-state index in [1.165, 1.54) is 5.56 Å². The molecule has 4 heteroatoms. The van der Waals surface area contributed by atoms with Gasteiger partial charge in [-0.15, -0.1) is 0 Å². The average Bonchev–Trinajstić information content (AvgIpc) is 2.27. The minimum atomic E-state index is -0.235. The number of carbonyl (C=O) groups is 1. The maximum Gasteiger partial charge on any atom is 0.234 e. The van der Waals surface area contributed by atoms with E-state index in [0.29, 0.717) is 11.7 Å². The van der Waals surface area contributed by atoms with E-state index in [4.69, 9.17) is 5.73 Å². The summed E-state index contributed by atoms with van der Waals surface area (Å²) in [4.78, 5) is 11.9. The molecule has 0 unspecified atom stereocenters. The summed E-state index contributed by atoms with van der Waals surface area (Å²) in [7, 11) is 0. The fourth-order valence-corrected chi connectivity index (χ4v) is 2.59. The van der Waals surface area contributed by atoms with Crippen molar-refractivity contribution in [2.45, 2.75) is 39.2 Å². The van der Waals surface area contributed by atoms with E-state index in [9.17, 15) is 4.79 Å². The van der Waals surface area contributed by atoms with Crippen molar-refractivity contribution in [2.75, 3.05) is 16.8 Å². The average molecular weight is 280 g/mol. The highest BCUT2D eigenvalue weighted by Crippen LogP contribution is 2.23. The molecule has 1 amide bonds. The summed E-state index contributed by atoms with van der Waals surface area (Å²) in [5.41, 5.74) is 7.73. The lowest BCUT2D eigenvalue weighted by Crippen LogP contribution is -2.35. The molecule has 0 radical (unpaired) electrons. The Kier molecular flexibility index (Phi) is 5.88. The first-order valence-corrected chi connectivity index (χ1v) is 7.70. The number of hydrogen-bond acceptors (Lipinski definition) is 3. The van der Waals surface area contributed by atoms with Crippen LogP contribution in [0.4, 0.5) is 5.69 Å². The molecule has 0 spiro atoms. The number of nitrogens with one attached hydrogen (secondary N) is 1. The van der Waals surface area contributed by atoms with Crippen LogP contribution < -0.4 is 11.1 Å². The number of thioether (sulfide) groups is 1. The van der Waals surface area contributed by atoms with Crippen LogP contribution in [-0.2, 0) is 4.79 Å². The highest BCUT2D eigenvalue weighted by Gasteiger charge is 2.13. The topological polar surface area (TPSA) is 55.1 Å². The zero-order valence-corrected chi connectivity index (χ0v) is 13.0. The van der Waals surface area contributed by atoms with Crippen LogP contribution in [0.15, 0.2) is 24.3 Å². The van der Waals surface area contributed by atoms with E-state index in [2.05, 4.69) is 25.2 Å². The third-order valence-corrected chi connectivity index (χ3v) is 3.98. The van der Waals surface area contributed by atoms with Crippen molar-refractivity contribution in [3.8, 4) is 0 Å². The Morgan fingerprint density at radius 1 is 1.37 bits per heavy atom. The summed E-state index contributed by atoms with van der Waals surface area (Å²) in [6.45, 7) is 8.17. The molecule has 19 heavy (non-hydrogen) atoms. The molecule has 0 atom stereocenters. The maximum absolute atomic E-state index is 11.9. The van der Waals surface area contributed by atoms with Gasteiger partial charge in [0.05, 0.1) is 5.75 Å². The molecule has 1 aromatic rings. The van der Waals surface area contributed by atoms with Gasteiger partial charge in [0.1, 0.15) is 0 Å². The number of benzene rings is 1. The smallest absolute Gasteiger partial charge is 0.234 e. The highest BCUT2D eigenvalue weighted by molar-refractivity contribution is 8.00. The van der Waals surface area contributed by atoms with E-state index < -0.39 is 0 Å². The molecule has 0 saturated heterocycles. The molecule has 0 heterocycles. The predicted molar refractivity (Wildman–Crippen MR) is 84.8 cm³/mol. The zero-order valence-electron chi connectivity index (χ0n) is 12.2. The quantitative estimate of drug-likeness (QED) is 0.841. The first kappa shape index (κ1) is 16.1. The highest BCUT2D eigenvalue weighted by atomic mass is 32.2. The largest absolute Gasteiger partial charge is 0.325 e. The van der Waals surface area contributed by atoms with Gasteiger partial charge in [0.15, 0.2) is 0 Å². The van der Waals surface area contributed by atoms with Gasteiger partial charge < -0.3 is 11.1 Å². The number of carbonyl (C=O) groups excluding carboxylic acids is 1. The normalized spacial score (nSPS) is 11.7. The predicted octanol–water partition coefficient (Wildman–Crippen LogP) is 3.22. The number of nitrogens with two attached hydrogens (primary N) is 1. The van der Waals surface area contributed by atoms with Crippen LogP contribution in [0.25, 0.3) is 0 Å². The first-order chi connectivity index (χ1) is 8.79. The van der Waals surface area contributed by atoms with Crippen molar-refractivity contribution in [1.29, 1.82) is 0 Å². The number of anilines is 1. The van der Waals surface area contributed by atoms with Crippen molar-refractivity contribution in [1.82, 2.24) is 0 Å². The lowest BCUT2D eigenvalue weighted by molar-refractivity contribution is -0.113. The summed E-state index contributed by atoms with van der Waals surface area (Å²) in [5.74, 6) is 1.63. The van der Waals surface area contributed by atoms with Crippen LogP contribution in [0, 0.1) is 0 Å². The monoisotopic (exact) mass is 280 g/mol. The molecule has 0 fully saturated rings. The standard InChI is InChI=1S/C15H24N2OS/c1-11(2)12-7-5-6-8-13(12)17-14(18)9-19-10-15(3,4)16/h5-8,11H,9-10,16H2,1-4H3,(H,17,18). The van der Waals surface area contributed by atoms with Gasteiger partial charge in [-0.05, 0) is 31.4 Å². The summed E-state index contributed by atoms with van der Waals surface area (Å²) in [5, 5.41) is 2.98. The lowest BCUT2D eigenvalue weighted by atomic mass is 10.0. The molecule has 0 aliphatic rings. The van der Waals surface area contributed by atoms with Crippen LogP contribution in [0.1, 0.15) is 39.2 Å². The van der Waals surface area contributed by atoms with Crippen LogP contribution in [0.3, 0.4) is 0 Å². The SMILES string of the molecule is CC(C)c1ccccc1NC(=O)CSCC(C)(C)N. The number of rotatable bonds is 6. The minimum Gasteiger partial charge on any atom is -0.325 e. The minimum absolute atomic E-state index is 0.0300. The van der Waals surface area contributed by atoms with Crippen LogP contribution in [0.5, 0.6) is 0 Å². The Balaban J connectivity index is 2.53. The molecular formula is C15H24N2OS. The summed E-state index contributed by atoms with van der Waals surface area (Å²) in [6.07, 6.45) is 0. The van der Waals surface area contributed by atoms with Crippen molar-refractivity contribution in [3.05, 3.63) is 29.8 Å². The molecule has 1 rings (SSSR count). The van der Waals surface area contributed by atoms with E-state index in [1.54, 1.807) is 11.8 Å². The van der Waals surface area contributed by atoms with E-state index in [-0.39, 0.29) is 11.4 Å². The van der Waals surface area contributed by atoms with Crippen LogP contribution in [-0.4, -0.2) is 23.0 Å². The second-order valence-corrected chi connectivity index (χ2v) is 6.76. The van der Waals surface area contributed by atoms with Crippen molar-refractivity contribution >= 4 is 23.4 Å². The number of amides is 1. The third kappa shape index (κ3) is 6.12. The molecule has 0 aliphatic heterocycles. The summed E-state index contributed by atoms with van der Waals surface area (Å²) >= 11 is 1.56. The fraction of sp³-hybridized carbons (Fsp3) is 0.533. The van der Waals surface area contributed by atoms with E-state index >= 15 is 0 Å². The van der Waals surface area contributed by atoms with Gasteiger partial charge in [0.2, 0.25) is 5.91 Å². The fourth-order valence-electron chi connectivity index (χ4n) is 1.71. The molecule has 106 valence electrons. The third-order valence-electron chi connectivity index (χ3n) is 2.56. The Bertz CT molecular complexity index is 424. The molecule has 0 aliphatic carbocycles. The van der Waals surface area contributed by atoms with Gasteiger partial charge in [0.25, 0.3) is 0 Å². The van der Waals surface area contributed by atoms with Gasteiger partial charge in [-0.3, -0.25) is 4.79 Å². The summed E-state index contributed by atoms with van der Waals surface area (Å²) in [6, 6.07) is 7.94. The van der Waals surface area contributed by atoms with Gasteiger partial charge in [0, 0.05) is 17.0 Å². The van der Waals surface area contributed by atoms with Gasteiger partial charge in [-0.25, -0.2) is 0 Å². The number of hydrogen-bond donors (Lipinski definition) is 2. The molecule has 1 aromatic carbocycles. The zero-order chi connectivity index (χ0) is 14.5. The lowest BCUT2D eigenvalue weighted by Gasteiger charge is -2.17. The van der Waals surface area contributed by atoms with E-state index in [0.717, 1.165) is 11.4 Å². The van der Waals surface area contributed by atoms with Crippen molar-refractivity contribution < 1.29 is 4.79 Å². The molecule has 0 bridgehead atoms. The van der Waals surface area contributed by atoms with Crippen LogP contribution >= 0.6 is 11.8 Å². The molecule has 3 nitrogen and oxygen atoms in total. The van der Waals surface area contributed by atoms with Gasteiger partial charge in [-0.1, -0.05) is 32.0 Å². The maximum atomic E-state index is 11.9. The number of para-hydroxylation sites is 1. The molecule has 0 saturated carbocycles. The molecular weight excluding hydrogens is 256 g/mol. The van der Waals surface area contributed by atoms with Crippen molar-refractivity contribution in [3.63, 3.8) is 0 Å². The van der Waals surface area contributed by atoms with Crippen molar-refractivity contribution in [2.24, 2.45) is 5.73 Å². The second kappa shape index (κ2) is 6.96. The molecule has 0 aromatic heterocycles. The van der Waals surface area contributed by atoms with Crippen LogP contribution in [0.2, 0.25) is 0 Å². The van der Waals surface area contributed by atoms with E-state index in [1.807, 2.05) is 32.0 Å². The Labute approximate surface area is 120 Å². The summed E-state index contributed by atoms with van der Waals surface area (Å²) < 4.78 is 0. The Morgan fingerprint density at radius 3 is 2.58 bits per heavy atom. The van der Waals surface area contributed by atoms with Gasteiger partial charge >= 0.3 is 0 Å². The molecule has 3 N–H and O–H groups in total. The Morgan fingerprint density at radius 2 is 2.00 bits per heavy atom.